The Morgan fingerprint density at radius 1 is 1.40 bits per heavy atom. The molecule has 1 aromatic carbocycles. The number of hydrogen-bond acceptors (Lipinski definition) is 4. The van der Waals surface area contributed by atoms with Crippen molar-refractivity contribution in [2.24, 2.45) is 5.41 Å². The zero-order chi connectivity index (χ0) is 22.7. The Bertz CT molecular complexity index is 846. The van der Waals surface area contributed by atoms with E-state index in [9.17, 15) is 14.7 Å². The lowest BCUT2D eigenvalue weighted by Crippen LogP contribution is -2.68. The highest BCUT2D eigenvalue weighted by Crippen LogP contribution is 2.42. The van der Waals surface area contributed by atoms with Gasteiger partial charge in [0.05, 0.1) is 25.4 Å². The van der Waals surface area contributed by atoms with Crippen LogP contribution in [0, 0.1) is 17.8 Å². The molecule has 164 valence electrons. The Hall–Kier alpha value is -3.02. The summed E-state index contributed by atoms with van der Waals surface area (Å²) in [4.78, 5) is 24.9. The number of hydrogen-bond donors (Lipinski definition) is 3. The van der Waals surface area contributed by atoms with Gasteiger partial charge < -0.3 is 20.5 Å². The summed E-state index contributed by atoms with van der Waals surface area (Å²) in [5, 5.41) is 14.7. The number of nitrogens with zero attached hydrogens (tertiary/aromatic N) is 1. The predicted molar refractivity (Wildman–Crippen MR) is 109 cm³/mol. The number of ether oxygens (including phenoxy) is 1. The molecule has 2 unspecified atom stereocenters. The zero-order valence-electron chi connectivity index (χ0n) is 17.5. The summed E-state index contributed by atoms with van der Waals surface area (Å²) >= 11 is 0. The Balaban J connectivity index is 2.26. The van der Waals surface area contributed by atoms with Crippen molar-refractivity contribution in [3.8, 4) is 18.1 Å². The number of rotatable bonds is 5. The van der Waals surface area contributed by atoms with E-state index >= 15 is 8.78 Å². The van der Waals surface area contributed by atoms with Crippen LogP contribution in [0.3, 0.4) is 0 Å². The largest absolute Gasteiger partial charge is 0.495 e. The lowest BCUT2D eigenvalue weighted by Gasteiger charge is -2.49. The van der Waals surface area contributed by atoms with Crippen LogP contribution >= 0.6 is 0 Å². The van der Waals surface area contributed by atoms with E-state index in [4.69, 9.17) is 11.2 Å². The quantitative estimate of drug-likeness (QED) is 0.633. The smallest absolute Gasteiger partial charge is 0.407 e. The minimum absolute atomic E-state index is 0.101. The number of methoxy groups -OCH3 is 1. The Morgan fingerprint density at radius 2 is 2.07 bits per heavy atom. The number of nitrogens with one attached hydrogen (secondary N) is 2. The number of carbonyl (C=O) groups is 2. The Labute approximate surface area is 174 Å². The summed E-state index contributed by atoms with van der Waals surface area (Å²) in [6.07, 6.45) is 3.62. The van der Waals surface area contributed by atoms with E-state index < -0.39 is 35.4 Å². The number of carbonyl (C=O) groups excluding carboxylic acids is 1. The standard InChI is InChI=1S/C21H27F2N3O4/c1-6-10-24-14-8-7-13(12-15(14)30-5)17(27)25-16-9-11-26(19(28)29)18(20(2,3)4)21(16,22)23/h1,7-8,12,16,18,24H,9-11H2,2-5H3,(H,25,27)(H,28,29). The third-order valence-electron chi connectivity index (χ3n) is 5.02. The van der Waals surface area contributed by atoms with Gasteiger partial charge in [0.1, 0.15) is 11.8 Å². The second kappa shape index (κ2) is 8.78. The maximum atomic E-state index is 15.3. The number of alkyl halides is 2. The van der Waals surface area contributed by atoms with Crippen LogP contribution in [0.25, 0.3) is 0 Å². The first-order valence-electron chi connectivity index (χ1n) is 9.47. The Morgan fingerprint density at radius 3 is 2.60 bits per heavy atom. The number of amides is 2. The molecule has 1 heterocycles. The van der Waals surface area contributed by atoms with Crippen LogP contribution in [0.5, 0.6) is 5.75 Å². The van der Waals surface area contributed by atoms with Gasteiger partial charge in [0.2, 0.25) is 0 Å². The molecule has 0 aromatic heterocycles. The van der Waals surface area contributed by atoms with Crippen molar-refractivity contribution in [1.29, 1.82) is 0 Å². The highest BCUT2D eigenvalue weighted by atomic mass is 19.3. The van der Waals surface area contributed by atoms with Gasteiger partial charge in [0.15, 0.2) is 0 Å². The summed E-state index contributed by atoms with van der Waals surface area (Å²) in [6, 6.07) is 1.40. The van der Waals surface area contributed by atoms with Gasteiger partial charge in [0, 0.05) is 12.1 Å². The van der Waals surface area contributed by atoms with E-state index in [-0.39, 0.29) is 25.1 Å². The first-order valence-corrected chi connectivity index (χ1v) is 9.47. The topological polar surface area (TPSA) is 90.9 Å². The molecule has 0 aliphatic carbocycles. The van der Waals surface area contributed by atoms with Crippen LogP contribution < -0.4 is 15.4 Å². The highest BCUT2D eigenvalue weighted by molar-refractivity contribution is 5.95. The molecular formula is C21H27F2N3O4. The average Bonchev–Trinajstić information content (AvgIpc) is 2.65. The first-order chi connectivity index (χ1) is 13.9. The fraction of sp³-hybridized carbons (Fsp3) is 0.524. The maximum Gasteiger partial charge on any atom is 0.407 e. The second-order valence-corrected chi connectivity index (χ2v) is 8.21. The number of anilines is 1. The minimum atomic E-state index is -3.46. The van der Waals surface area contributed by atoms with Crippen LogP contribution in [0.4, 0.5) is 19.3 Å². The van der Waals surface area contributed by atoms with Crippen LogP contribution in [0.2, 0.25) is 0 Å². The van der Waals surface area contributed by atoms with Crippen LogP contribution in [-0.2, 0) is 0 Å². The van der Waals surface area contributed by atoms with E-state index in [1.165, 1.54) is 19.2 Å². The first kappa shape index (κ1) is 23.3. The van der Waals surface area contributed by atoms with Gasteiger partial charge in [-0.3, -0.25) is 9.69 Å². The third kappa shape index (κ3) is 4.75. The number of terminal acetylenes is 1. The lowest BCUT2D eigenvalue weighted by atomic mass is 9.76. The number of piperidine rings is 1. The summed E-state index contributed by atoms with van der Waals surface area (Å²) in [7, 11) is 1.42. The zero-order valence-corrected chi connectivity index (χ0v) is 17.5. The molecule has 1 fully saturated rings. The average molecular weight is 423 g/mol. The van der Waals surface area contributed by atoms with Crippen LogP contribution in [-0.4, -0.2) is 60.2 Å². The van der Waals surface area contributed by atoms with E-state index in [1.807, 2.05) is 0 Å². The van der Waals surface area contributed by atoms with Gasteiger partial charge in [-0.25, -0.2) is 13.6 Å². The summed E-state index contributed by atoms with van der Waals surface area (Å²) < 4.78 is 35.8. The summed E-state index contributed by atoms with van der Waals surface area (Å²) in [6.45, 7) is 4.82. The monoisotopic (exact) mass is 423 g/mol. The normalized spacial score (nSPS) is 20.8. The molecular weight excluding hydrogens is 396 g/mol. The Kier molecular flexibility index (Phi) is 6.80. The molecule has 0 saturated carbocycles. The number of benzene rings is 1. The van der Waals surface area contributed by atoms with Gasteiger partial charge in [-0.15, -0.1) is 6.42 Å². The molecule has 1 saturated heterocycles. The van der Waals surface area contributed by atoms with E-state index in [0.29, 0.717) is 11.4 Å². The molecule has 7 nitrogen and oxygen atoms in total. The van der Waals surface area contributed by atoms with Gasteiger partial charge >= 0.3 is 6.09 Å². The van der Waals surface area contributed by atoms with E-state index in [1.54, 1.807) is 26.8 Å². The van der Waals surface area contributed by atoms with Crippen molar-refractivity contribution >= 4 is 17.7 Å². The predicted octanol–water partition coefficient (Wildman–Crippen LogP) is 3.27. The number of carboxylic acid groups (broad SMARTS) is 1. The summed E-state index contributed by atoms with van der Waals surface area (Å²) in [5.41, 5.74) is -0.319. The van der Waals surface area contributed by atoms with Crippen molar-refractivity contribution in [2.45, 2.75) is 45.2 Å². The van der Waals surface area contributed by atoms with Crippen LogP contribution in [0.15, 0.2) is 18.2 Å². The van der Waals surface area contributed by atoms with Crippen molar-refractivity contribution < 1.29 is 28.2 Å². The SMILES string of the molecule is C#CCNc1ccc(C(=O)NC2CCN(C(=O)O)C(C(C)(C)C)C2(F)F)cc1OC. The van der Waals surface area contributed by atoms with E-state index in [2.05, 4.69) is 16.6 Å². The maximum absolute atomic E-state index is 15.3. The van der Waals surface area contributed by atoms with Gasteiger partial charge in [-0.05, 0) is 30.0 Å². The molecule has 0 radical (unpaired) electrons. The molecule has 0 spiro atoms. The number of likely N-dealkylation sites (tertiary alicyclic amines) is 1. The molecule has 9 heteroatoms. The van der Waals surface area contributed by atoms with Gasteiger partial charge in [-0.1, -0.05) is 26.7 Å². The molecule has 2 atom stereocenters. The molecule has 1 aliphatic rings. The van der Waals surface area contributed by atoms with Gasteiger partial charge in [-0.2, -0.15) is 0 Å². The molecule has 3 N–H and O–H groups in total. The fourth-order valence-corrected chi connectivity index (χ4v) is 3.77. The van der Waals surface area contributed by atoms with Crippen molar-refractivity contribution in [2.75, 3.05) is 25.5 Å². The van der Waals surface area contributed by atoms with Crippen molar-refractivity contribution in [3.63, 3.8) is 0 Å². The van der Waals surface area contributed by atoms with E-state index in [0.717, 1.165) is 4.90 Å². The van der Waals surface area contributed by atoms with Crippen LogP contribution in [0.1, 0.15) is 37.6 Å². The molecule has 1 aromatic rings. The number of halogens is 2. The fourth-order valence-electron chi connectivity index (χ4n) is 3.77. The third-order valence-corrected chi connectivity index (χ3v) is 5.02. The molecule has 0 bridgehead atoms. The molecule has 30 heavy (non-hydrogen) atoms. The van der Waals surface area contributed by atoms with Crippen molar-refractivity contribution in [1.82, 2.24) is 10.2 Å². The summed E-state index contributed by atoms with van der Waals surface area (Å²) in [5.74, 6) is -1.39. The highest BCUT2D eigenvalue weighted by Gasteiger charge is 2.58. The lowest BCUT2D eigenvalue weighted by molar-refractivity contribution is -0.154. The molecule has 2 amide bonds. The second-order valence-electron chi connectivity index (χ2n) is 8.21. The molecule has 2 rings (SSSR count). The van der Waals surface area contributed by atoms with Gasteiger partial charge in [0.25, 0.3) is 11.8 Å². The minimum Gasteiger partial charge on any atom is -0.495 e. The van der Waals surface area contributed by atoms with Crippen molar-refractivity contribution in [3.05, 3.63) is 23.8 Å². The molecule has 1 aliphatic heterocycles.